The molecular formula is C21H16F2N2O2. The summed E-state index contributed by atoms with van der Waals surface area (Å²) in [6.07, 6.45) is 3.59. The number of nitrogens with one attached hydrogen (secondary N) is 1. The lowest BCUT2D eigenvalue weighted by Crippen LogP contribution is -2.04. The van der Waals surface area contributed by atoms with Gasteiger partial charge in [-0.2, -0.15) is 0 Å². The highest BCUT2D eigenvalue weighted by molar-refractivity contribution is 5.95. The van der Waals surface area contributed by atoms with Crippen LogP contribution in [-0.2, 0) is 0 Å². The number of benzene rings is 2. The smallest absolute Gasteiger partial charge is 0.337 e. The van der Waals surface area contributed by atoms with Gasteiger partial charge in [-0.1, -0.05) is 12.1 Å². The molecule has 27 heavy (non-hydrogen) atoms. The van der Waals surface area contributed by atoms with Crippen LogP contribution in [0.3, 0.4) is 0 Å². The lowest BCUT2D eigenvalue weighted by atomic mass is 10.0. The normalized spacial score (nSPS) is 13.4. The van der Waals surface area contributed by atoms with E-state index in [0.29, 0.717) is 17.3 Å². The fraction of sp³-hybridized carbons (Fsp3) is 0.143. The van der Waals surface area contributed by atoms with E-state index < -0.39 is 17.6 Å². The van der Waals surface area contributed by atoms with Crippen molar-refractivity contribution in [2.24, 2.45) is 0 Å². The SMILES string of the molecule is O=C(O)c1cc(C2CC2)ccc1Nc1ccc(-c2c(F)cccc2F)nc1. The Balaban J connectivity index is 1.61. The van der Waals surface area contributed by atoms with Gasteiger partial charge in [-0.25, -0.2) is 13.6 Å². The van der Waals surface area contributed by atoms with E-state index in [1.54, 1.807) is 18.2 Å². The number of carbonyl (C=O) groups is 1. The summed E-state index contributed by atoms with van der Waals surface area (Å²) in [5, 5.41) is 12.5. The summed E-state index contributed by atoms with van der Waals surface area (Å²) in [5.41, 5.74) is 2.16. The fourth-order valence-corrected chi connectivity index (χ4v) is 3.03. The van der Waals surface area contributed by atoms with Gasteiger partial charge in [0.05, 0.1) is 34.4 Å². The molecule has 1 heterocycles. The Labute approximate surface area is 154 Å². The molecule has 0 unspecified atom stereocenters. The molecular weight excluding hydrogens is 350 g/mol. The fourth-order valence-electron chi connectivity index (χ4n) is 3.03. The van der Waals surface area contributed by atoms with Crippen molar-refractivity contribution in [3.8, 4) is 11.3 Å². The number of halogens is 2. The van der Waals surface area contributed by atoms with Crippen LogP contribution in [0, 0.1) is 11.6 Å². The molecule has 0 aliphatic heterocycles. The predicted molar refractivity (Wildman–Crippen MR) is 98.2 cm³/mol. The minimum atomic E-state index is -1.02. The van der Waals surface area contributed by atoms with Crippen LogP contribution in [0.2, 0.25) is 0 Å². The van der Waals surface area contributed by atoms with Crippen molar-refractivity contribution in [3.05, 3.63) is 77.5 Å². The first-order chi connectivity index (χ1) is 13.0. The monoisotopic (exact) mass is 366 g/mol. The maximum absolute atomic E-state index is 13.9. The lowest BCUT2D eigenvalue weighted by molar-refractivity contribution is 0.0698. The number of carboxylic acids is 1. The van der Waals surface area contributed by atoms with E-state index in [2.05, 4.69) is 10.3 Å². The maximum atomic E-state index is 13.9. The molecule has 1 aliphatic carbocycles. The van der Waals surface area contributed by atoms with Gasteiger partial charge in [-0.3, -0.25) is 4.98 Å². The highest BCUT2D eigenvalue weighted by Gasteiger charge is 2.25. The summed E-state index contributed by atoms with van der Waals surface area (Å²) in [7, 11) is 0. The first kappa shape index (κ1) is 17.1. The molecule has 1 aromatic heterocycles. The molecule has 2 N–H and O–H groups in total. The second-order valence-electron chi connectivity index (χ2n) is 6.54. The van der Waals surface area contributed by atoms with Gasteiger partial charge in [0.15, 0.2) is 0 Å². The quantitative estimate of drug-likeness (QED) is 0.639. The van der Waals surface area contributed by atoms with E-state index in [9.17, 15) is 18.7 Å². The summed E-state index contributed by atoms with van der Waals surface area (Å²) in [4.78, 5) is 15.7. The molecule has 4 nitrogen and oxygen atoms in total. The molecule has 0 radical (unpaired) electrons. The van der Waals surface area contributed by atoms with Crippen molar-refractivity contribution >= 4 is 17.3 Å². The molecule has 6 heteroatoms. The largest absolute Gasteiger partial charge is 0.478 e. The van der Waals surface area contributed by atoms with Crippen LogP contribution < -0.4 is 5.32 Å². The van der Waals surface area contributed by atoms with Crippen molar-refractivity contribution in [3.63, 3.8) is 0 Å². The number of hydrogen-bond acceptors (Lipinski definition) is 3. The zero-order valence-electron chi connectivity index (χ0n) is 14.2. The lowest BCUT2D eigenvalue weighted by Gasteiger charge is -2.12. The van der Waals surface area contributed by atoms with Gasteiger partial charge in [0.2, 0.25) is 0 Å². The molecule has 3 aromatic rings. The highest BCUT2D eigenvalue weighted by Crippen LogP contribution is 2.41. The van der Waals surface area contributed by atoms with Crippen LogP contribution in [-0.4, -0.2) is 16.1 Å². The number of carboxylic acid groups (broad SMARTS) is 1. The van der Waals surface area contributed by atoms with E-state index in [1.807, 2.05) is 6.07 Å². The van der Waals surface area contributed by atoms with Gasteiger partial charge in [0, 0.05) is 0 Å². The predicted octanol–water partition coefficient (Wildman–Crippen LogP) is 5.35. The molecule has 1 aliphatic rings. The molecule has 1 fully saturated rings. The Kier molecular flexibility index (Phi) is 4.32. The summed E-state index contributed by atoms with van der Waals surface area (Å²) < 4.78 is 27.7. The van der Waals surface area contributed by atoms with Crippen LogP contribution >= 0.6 is 0 Å². The summed E-state index contributed by atoms with van der Waals surface area (Å²) in [5.74, 6) is -1.94. The number of rotatable bonds is 5. The third kappa shape index (κ3) is 3.51. The molecule has 4 rings (SSSR count). The molecule has 0 amide bonds. The van der Waals surface area contributed by atoms with Crippen LogP contribution in [0.15, 0.2) is 54.7 Å². The van der Waals surface area contributed by atoms with E-state index >= 15 is 0 Å². The van der Waals surface area contributed by atoms with Gasteiger partial charge in [0.1, 0.15) is 11.6 Å². The Hall–Kier alpha value is -3.28. The Bertz CT molecular complexity index is 995. The minimum absolute atomic E-state index is 0.165. The first-order valence-electron chi connectivity index (χ1n) is 8.57. The number of nitrogens with zero attached hydrogens (tertiary/aromatic N) is 1. The zero-order chi connectivity index (χ0) is 19.0. The van der Waals surface area contributed by atoms with Gasteiger partial charge >= 0.3 is 5.97 Å². The first-order valence-corrected chi connectivity index (χ1v) is 8.57. The number of aromatic nitrogens is 1. The van der Waals surface area contributed by atoms with E-state index in [0.717, 1.165) is 18.4 Å². The number of aromatic carboxylic acids is 1. The molecule has 0 atom stereocenters. The molecule has 0 saturated heterocycles. The maximum Gasteiger partial charge on any atom is 0.337 e. The molecule has 136 valence electrons. The van der Waals surface area contributed by atoms with Gasteiger partial charge < -0.3 is 10.4 Å². The molecule has 1 saturated carbocycles. The molecule has 0 spiro atoms. The summed E-state index contributed by atoms with van der Waals surface area (Å²) >= 11 is 0. The topological polar surface area (TPSA) is 62.2 Å². The van der Waals surface area contributed by atoms with Gasteiger partial charge in [-0.05, 0) is 60.7 Å². The standard InChI is InChI=1S/C21H16F2N2O2/c22-16-2-1-3-17(23)20(16)19-9-7-14(11-24-19)25-18-8-6-13(12-4-5-12)10-15(18)21(26)27/h1-3,6-12,25H,4-5H2,(H,26,27). The second kappa shape index (κ2) is 6.79. The second-order valence-corrected chi connectivity index (χ2v) is 6.54. The van der Waals surface area contributed by atoms with Gasteiger partial charge in [-0.15, -0.1) is 0 Å². The Morgan fingerprint density at radius 1 is 1.07 bits per heavy atom. The van der Waals surface area contributed by atoms with Crippen LogP contribution in [0.4, 0.5) is 20.2 Å². The Morgan fingerprint density at radius 2 is 1.81 bits per heavy atom. The zero-order valence-corrected chi connectivity index (χ0v) is 14.2. The van der Waals surface area contributed by atoms with Crippen molar-refractivity contribution in [1.29, 1.82) is 0 Å². The van der Waals surface area contributed by atoms with Crippen molar-refractivity contribution in [2.75, 3.05) is 5.32 Å². The number of anilines is 2. The van der Waals surface area contributed by atoms with Crippen LogP contribution in [0.1, 0.15) is 34.7 Å². The van der Waals surface area contributed by atoms with E-state index in [4.69, 9.17) is 0 Å². The number of pyridine rings is 1. The molecule has 0 bridgehead atoms. The summed E-state index contributed by atoms with van der Waals surface area (Å²) in [6, 6.07) is 12.1. The van der Waals surface area contributed by atoms with E-state index in [1.165, 1.54) is 30.5 Å². The van der Waals surface area contributed by atoms with Crippen LogP contribution in [0.25, 0.3) is 11.3 Å². The minimum Gasteiger partial charge on any atom is -0.478 e. The van der Waals surface area contributed by atoms with Crippen LogP contribution in [0.5, 0.6) is 0 Å². The molecule has 2 aromatic carbocycles. The third-order valence-electron chi connectivity index (χ3n) is 4.58. The van der Waals surface area contributed by atoms with E-state index in [-0.39, 0.29) is 16.8 Å². The third-order valence-corrected chi connectivity index (χ3v) is 4.58. The summed E-state index contributed by atoms with van der Waals surface area (Å²) in [6.45, 7) is 0. The Morgan fingerprint density at radius 3 is 2.41 bits per heavy atom. The van der Waals surface area contributed by atoms with Crippen molar-refractivity contribution < 1.29 is 18.7 Å². The highest BCUT2D eigenvalue weighted by atomic mass is 19.1. The van der Waals surface area contributed by atoms with Crippen molar-refractivity contribution in [2.45, 2.75) is 18.8 Å². The number of hydrogen-bond donors (Lipinski definition) is 2. The van der Waals surface area contributed by atoms with Gasteiger partial charge in [0.25, 0.3) is 0 Å². The average Bonchev–Trinajstić information content (AvgIpc) is 3.48. The van der Waals surface area contributed by atoms with Crippen molar-refractivity contribution in [1.82, 2.24) is 4.98 Å². The average molecular weight is 366 g/mol.